The maximum atomic E-state index is 4.48. The molecule has 2 aromatic rings. The van der Waals surface area contributed by atoms with E-state index >= 15 is 0 Å². The van der Waals surface area contributed by atoms with Gasteiger partial charge in [-0.2, -0.15) is 4.98 Å². The Morgan fingerprint density at radius 1 is 1.26 bits per heavy atom. The lowest BCUT2D eigenvalue weighted by Crippen LogP contribution is -2.15. The number of rotatable bonds is 7. The lowest BCUT2D eigenvalue weighted by Gasteiger charge is -2.11. The second kappa shape index (κ2) is 6.55. The predicted molar refractivity (Wildman–Crippen MR) is 79.6 cm³/mol. The summed E-state index contributed by atoms with van der Waals surface area (Å²) < 4.78 is 1.83. The molecule has 1 unspecified atom stereocenters. The second-order valence-electron chi connectivity index (χ2n) is 5.34. The molecule has 2 heterocycles. The summed E-state index contributed by atoms with van der Waals surface area (Å²) in [6.07, 6.45) is 8.39. The Balaban J connectivity index is 1.89. The van der Waals surface area contributed by atoms with Crippen LogP contribution in [0.25, 0.3) is 5.65 Å². The van der Waals surface area contributed by atoms with Crippen LogP contribution in [0, 0.1) is 6.92 Å². The van der Waals surface area contributed by atoms with Gasteiger partial charge in [-0.15, -0.1) is 5.10 Å². The predicted octanol–water partition coefficient (Wildman–Crippen LogP) is 3.81. The van der Waals surface area contributed by atoms with Crippen molar-refractivity contribution in [1.82, 2.24) is 14.6 Å². The van der Waals surface area contributed by atoms with Crippen molar-refractivity contribution in [2.24, 2.45) is 0 Å². The molecular formula is C15H24N4. The summed E-state index contributed by atoms with van der Waals surface area (Å²) in [4.78, 5) is 4.48. The molecule has 0 amide bonds. The van der Waals surface area contributed by atoms with Gasteiger partial charge in [-0.25, -0.2) is 4.52 Å². The van der Waals surface area contributed by atoms with Gasteiger partial charge in [0, 0.05) is 12.2 Å². The average Bonchev–Trinajstić information content (AvgIpc) is 2.76. The van der Waals surface area contributed by atoms with Crippen molar-refractivity contribution >= 4 is 11.6 Å². The third-order valence-corrected chi connectivity index (χ3v) is 3.35. The van der Waals surface area contributed by atoms with E-state index in [1.54, 1.807) is 0 Å². The normalized spacial score (nSPS) is 12.8. The zero-order valence-electron chi connectivity index (χ0n) is 12.2. The van der Waals surface area contributed by atoms with E-state index in [0.29, 0.717) is 6.04 Å². The molecule has 1 N–H and O–H groups in total. The molecule has 0 aliphatic heterocycles. The summed E-state index contributed by atoms with van der Waals surface area (Å²) in [5.74, 6) is 0.730. The van der Waals surface area contributed by atoms with Crippen LogP contribution in [-0.2, 0) is 0 Å². The highest BCUT2D eigenvalue weighted by atomic mass is 15.3. The minimum atomic E-state index is 0.426. The molecule has 1 atom stereocenters. The first-order chi connectivity index (χ1) is 9.19. The summed E-state index contributed by atoms with van der Waals surface area (Å²) >= 11 is 0. The lowest BCUT2D eigenvalue weighted by atomic mass is 10.1. The molecule has 104 valence electrons. The Kier molecular flexibility index (Phi) is 4.77. The molecule has 0 fully saturated rings. The van der Waals surface area contributed by atoms with Crippen molar-refractivity contribution in [3.8, 4) is 0 Å². The Morgan fingerprint density at radius 3 is 2.89 bits per heavy atom. The molecule has 0 radical (unpaired) electrons. The molecular weight excluding hydrogens is 236 g/mol. The van der Waals surface area contributed by atoms with Gasteiger partial charge in [-0.3, -0.25) is 0 Å². The number of hydrogen-bond acceptors (Lipinski definition) is 3. The van der Waals surface area contributed by atoms with Gasteiger partial charge >= 0.3 is 0 Å². The van der Waals surface area contributed by atoms with Crippen molar-refractivity contribution in [3.05, 3.63) is 23.9 Å². The van der Waals surface area contributed by atoms with Crippen LogP contribution in [0.3, 0.4) is 0 Å². The first-order valence-electron chi connectivity index (χ1n) is 7.28. The fraction of sp³-hybridized carbons (Fsp3) is 0.600. The molecule has 0 saturated carbocycles. The quantitative estimate of drug-likeness (QED) is 0.770. The molecule has 0 aliphatic rings. The summed E-state index contributed by atoms with van der Waals surface area (Å²) in [5.41, 5.74) is 2.09. The number of fused-ring (bicyclic) bond motifs is 1. The van der Waals surface area contributed by atoms with Crippen LogP contribution in [0.4, 0.5) is 5.95 Å². The first kappa shape index (κ1) is 13.8. The van der Waals surface area contributed by atoms with Gasteiger partial charge in [0.15, 0.2) is 5.65 Å². The van der Waals surface area contributed by atoms with Crippen molar-refractivity contribution in [3.63, 3.8) is 0 Å². The van der Waals surface area contributed by atoms with E-state index < -0.39 is 0 Å². The minimum absolute atomic E-state index is 0.426. The Hall–Kier alpha value is -1.58. The Bertz CT molecular complexity index is 518. The Morgan fingerprint density at radius 2 is 2.11 bits per heavy atom. The number of pyridine rings is 1. The molecule has 4 heteroatoms. The van der Waals surface area contributed by atoms with Gasteiger partial charge in [-0.1, -0.05) is 38.7 Å². The zero-order valence-corrected chi connectivity index (χ0v) is 12.2. The van der Waals surface area contributed by atoms with Crippen molar-refractivity contribution in [2.45, 2.75) is 58.9 Å². The highest BCUT2D eigenvalue weighted by molar-refractivity contribution is 5.44. The van der Waals surface area contributed by atoms with Gasteiger partial charge in [0.1, 0.15) is 0 Å². The van der Waals surface area contributed by atoms with Crippen LogP contribution in [0.2, 0.25) is 0 Å². The van der Waals surface area contributed by atoms with Crippen molar-refractivity contribution in [2.75, 3.05) is 5.32 Å². The van der Waals surface area contributed by atoms with E-state index in [1.807, 2.05) is 16.8 Å². The van der Waals surface area contributed by atoms with Crippen LogP contribution < -0.4 is 5.32 Å². The van der Waals surface area contributed by atoms with E-state index in [9.17, 15) is 0 Å². The smallest absolute Gasteiger partial charge is 0.243 e. The molecule has 0 aromatic carbocycles. The summed E-state index contributed by atoms with van der Waals surface area (Å²) in [6.45, 7) is 6.50. The van der Waals surface area contributed by atoms with Gasteiger partial charge in [0.25, 0.3) is 0 Å². The molecule has 4 nitrogen and oxygen atoms in total. The maximum Gasteiger partial charge on any atom is 0.243 e. The Labute approximate surface area is 115 Å². The first-order valence-corrected chi connectivity index (χ1v) is 7.28. The van der Waals surface area contributed by atoms with Crippen LogP contribution in [0.5, 0.6) is 0 Å². The van der Waals surface area contributed by atoms with Crippen molar-refractivity contribution in [1.29, 1.82) is 0 Å². The van der Waals surface area contributed by atoms with Crippen LogP contribution in [-0.4, -0.2) is 20.6 Å². The topological polar surface area (TPSA) is 42.2 Å². The molecule has 0 aliphatic carbocycles. The van der Waals surface area contributed by atoms with Crippen LogP contribution in [0.1, 0.15) is 51.5 Å². The monoisotopic (exact) mass is 260 g/mol. The van der Waals surface area contributed by atoms with Gasteiger partial charge in [0.2, 0.25) is 5.95 Å². The van der Waals surface area contributed by atoms with E-state index in [4.69, 9.17) is 0 Å². The molecule has 0 saturated heterocycles. The van der Waals surface area contributed by atoms with Gasteiger partial charge in [-0.05, 0) is 31.9 Å². The fourth-order valence-corrected chi connectivity index (χ4v) is 2.22. The number of aromatic nitrogens is 3. The number of hydrogen-bond donors (Lipinski definition) is 1. The van der Waals surface area contributed by atoms with Gasteiger partial charge in [0.05, 0.1) is 0 Å². The molecule has 2 rings (SSSR count). The SMILES string of the molecule is CCCCCCC(C)Nc1nc2ccc(C)cn2n1. The van der Waals surface area contributed by atoms with Gasteiger partial charge < -0.3 is 5.32 Å². The fourth-order valence-electron chi connectivity index (χ4n) is 2.22. The summed E-state index contributed by atoms with van der Waals surface area (Å²) in [6, 6.07) is 4.48. The zero-order chi connectivity index (χ0) is 13.7. The number of nitrogens with zero attached hydrogens (tertiary/aromatic N) is 3. The lowest BCUT2D eigenvalue weighted by molar-refractivity contribution is 0.591. The highest BCUT2D eigenvalue weighted by Crippen LogP contribution is 2.11. The molecule has 0 bridgehead atoms. The van der Waals surface area contributed by atoms with E-state index in [2.05, 4.69) is 42.2 Å². The van der Waals surface area contributed by atoms with Crippen LogP contribution in [0.15, 0.2) is 18.3 Å². The second-order valence-corrected chi connectivity index (χ2v) is 5.34. The minimum Gasteiger partial charge on any atom is -0.350 e. The summed E-state index contributed by atoms with van der Waals surface area (Å²) in [5, 5.41) is 7.84. The van der Waals surface area contributed by atoms with E-state index in [-0.39, 0.29) is 0 Å². The number of nitrogens with one attached hydrogen (secondary N) is 1. The van der Waals surface area contributed by atoms with E-state index in [0.717, 1.165) is 11.6 Å². The van der Waals surface area contributed by atoms with Crippen LogP contribution >= 0.6 is 0 Å². The standard InChI is InChI=1S/C15H24N4/c1-4-5-6-7-8-13(3)16-15-17-14-10-9-12(2)11-19(14)18-15/h9-11,13H,4-8H2,1-3H3,(H,16,18). The van der Waals surface area contributed by atoms with Crippen molar-refractivity contribution < 1.29 is 0 Å². The highest BCUT2D eigenvalue weighted by Gasteiger charge is 2.07. The third-order valence-electron chi connectivity index (χ3n) is 3.35. The molecule has 0 spiro atoms. The number of anilines is 1. The number of aryl methyl sites for hydroxylation is 1. The third kappa shape index (κ3) is 3.94. The molecule has 2 aromatic heterocycles. The molecule has 19 heavy (non-hydrogen) atoms. The van der Waals surface area contributed by atoms with E-state index in [1.165, 1.54) is 37.7 Å². The summed E-state index contributed by atoms with van der Waals surface area (Å²) in [7, 11) is 0. The number of unbranched alkanes of at least 4 members (excludes halogenated alkanes) is 3. The largest absolute Gasteiger partial charge is 0.350 e. The maximum absolute atomic E-state index is 4.48. The average molecular weight is 260 g/mol.